The number of nitrogens with one attached hydrogen (secondary N) is 1. The summed E-state index contributed by atoms with van der Waals surface area (Å²) < 4.78 is 5.51. The number of hydrogen-bond donors (Lipinski definition) is 1. The second-order valence-electron chi connectivity index (χ2n) is 6.79. The van der Waals surface area contributed by atoms with E-state index >= 15 is 0 Å². The number of amides is 1. The van der Waals surface area contributed by atoms with Crippen molar-refractivity contribution in [2.24, 2.45) is 0 Å². The average molecular weight is 353 g/mol. The minimum absolute atomic E-state index is 0.0283. The highest BCUT2D eigenvalue weighted by Crippen LogP contribution is 2.28. The highest BCUT2D eigenvalue weighted by molar-refractivity contribution is 6.06. The van der Waals surface area contributed by atoms with Crippen LogP contribution in [0.1, 0.15) is 10.4 Å². The van der Waals surface area contributed by atoms with Crippen LogP contribution in [0.25, 0.3) is 21.7 Å². The lowest BCUT2D eigenvalue weighted by Crippen LogP contribution is -2.33. The van der Waals surface area contributed by atoms with Gasteiger partial charge in [0.1, 0.15) is 11.1 Å². The maximum atomic E-state index is 12.3. The van der Waals surface area contributed by atoms with Crippen LogP contribution in [0, 0.1) is 0 Å². The molecule has 0 spiro atoms. The Kier molecular flexibility index (Phi) is 4.95. The minimum atomic E-state index is -0.621. The Morgan fingerprint density at radius 2 is 1.77 bits per heavy atom. The monoisotopic (exact) mass is 353 g/mol. The summed E-state index contributed by atoms with van der Waals surface area (Å²) in [5, 5.41) is 5.31. The van der Waals surface area contributed by atoms with Gasteiger partial charge in [-0.3, -0.25) is 4.79 Å². The number of carbonyl (C=O) groups is 1. The van der Waals surface area contributed by atoms with Crippen LogP contribution < -0.4 is 15.8 Å². The third-order valence-corrected chi connectivity index (χ3v) is 4.30. The molecular formula is C20H23N3O3. The summed E-state index contributed by atoms with van der Waals surface area (Å²) >= 11 is 0. The summed E-state index contributed by atoms with van der Waals surface area (Å²) in [5.41, 5.74) is 0.975. The zero-order valence-corrected chi connectivity index (χ0v) is 15.5. The lowest BCUT2D eigenvalue weighted by atomic mass is 10.0. The number of hydrogen-bond acceptors (Lipinski definition) is 5. The van der Waals surface area contributed by atoms with Crippen LogP contribution in [0.5, 0.6) is 0 Å². The first-order valence-corrected chi connectivity index (χ1v) is 8.47. The van der Waals surface area contributed by atoms with E-state index < -0.39 is 11.5 Å². The van der Waals surface area contributed by atoms with Crippen molar-refractivity contribution in [1.29, 1.82) is 0 Å². The molecule has 0 aliphatic rings. The second-order valence-corrected chi connectivity index (χ2v) is 6.79. The quantitative estimate of drug-likeness (QED) is 0.563. The predicted molar refractivity (Wildman–Crippen MR) is 105 cm³/mol. The molecule has 26 heavy (non-hydrogen) atoms. The third-order valence-electron chi connectivity index (χ3n) is 4.30. The van der Waals surface area contributed by atoms with E-state index in [1.54, 1.807) is 6.07 Å². The number of rotatable bonds is 5. The fourth-order valence-corrected chi connectivity index (χ4v) is 2.82. The molecule has 6 nitrogen and oxygen atoms in total. The molecule has 0 saturated carbocycles. The predicted octanol–water partition coefficient (Wildman–Crippen LogP) is 2.30. The van der Waals surface area contributed by atoms with Crippen LogP contribution in [-0.2, 0) is 0 Å². The molecule has 0 atom stereocenters. The molecule has 6 heteroatoms. The molecule has 1 N–H and O–H groups in total. The summed E-state index contributed by atoms with van der Waals surface area (Å²) in [4.78, 5) is 28.6. The van der Waals surface area contributed by atoms with Gasteiger partial charge in [0.2, 0.25) is 0 Å². The van der Waals surface area contributed by atoms with Gasteiger partial charge >= 0.3 is 5.63 Å². The molecule has 0 bridgehead atoms. The molecule has 0 unspecified atom stereocenters. The van der Waals surface area contributed by atoms with Crippen molar-refractivity contribution in [3.63, 3.8) is 0 Å². The zero-order chi connectivity index (χ0) is 18.8. The van der Waals surface area contributed by atoms with E-state index in [4.69, 9.17) is 4.42 Å². The summed E-state index contributed by atoms with van der Waals surface area (Å²) in [6.07, 6.45) is 0. The van der Waals surface area contributed by atoms with Gasteiger partial charge in [0.15, 0.2) is 0 Å². The highest BCUT2D eigenvalue weighted by atomic mass is 16.4. The van der Waals surface area contributed by atoms with E-state index in [0.29, 0.717) is 18.7 Å². The Morgan fingerprint density at radius 3 is 2.46 bits per heavy atom. The number of fused-ring (bicyclic) bond motifs is 3. The van der Waals surface area contributed by atoms with Crippen LogP contribution in [0.3, 0.4) is 0 Å². The van der Waals surface area contributed by atoms with E-state index in [0.717, 1.165) is 21.8 Å². The SMILES string of the molecule is CN(C)CCNC(=O)c1cc2ccc3cc(N(C)C)ccc3c2oc1=O. The van der Waals surface area contributed by atoms with E-state index in [2.05, 4.69) is 5.32 Å². The van der Waals surface area contributed by atoms with E-state index in [9.17, 15) is 9.59 Å². The van der Waals surface area contributed by atoms with Crippen molar-refractivity contribution in [2.45, 2.75) is 0 Å². The van der Waals surface area contributed by atoms with Crippen LogP contribution in [0.4, 0.5) is 5.69 Å². The van der Waals surface area contributed by atoms with Crippen molar-refractivity contribution in [3.05, 3.63) is 52.4 Å². The molecular weight excluding hydrogens is 330 g/mol. The van der Waals surface area contributed by atoms with Gasteiger partial charge in [0, 0.05) is 43.6 Å². The molecule has 136 valence electrons. The van der Waals surface area contributed by atoms with Gasteiger partial charge in [-0.05, 0) is 43.7 Å². The van der Waals surface area contributed by atoms with Crippen molar-refractivity contribution < 1.29 is 9.21 Å². The summed E-state index contributed by atoms with van der Waals surface area (Å²) in [6.45, 7) is 1.16. The molecule has 0 radical (unpaired) electrons. The van der Waals surface area contributed by atoms with Crippen LogP contribution in [0.2, 0.25) is 0 Å². The van der Waals surface area contributed by atoms with Crippen LogP contribution in [-0.4, -0.2) is 52.1 Å². The fraction of sp³-hybridized carbons (Fsp3) is 0.300. The maximum Gasteiger partial charge on any atom is 0.349 e. The van der Waals surface area contributed by atoms with Crippen molar-refractivity contribution in [1.82, 2.24) is 10.2 Å². The second kappa shape index (κ2) is 7.17. The number of carbonyl (C=O) groups excluding carboxylic acids is 1. The Hall–Kier alpha value is -2.86. The van der Waals surface area contributed by atoms with Crippen LogP contribution >= 0.6 is 0 Å². The van der Waals surface area contributed by atoms with Crippen molar-refractivity contribution in [2.75, 3.05) is 46.2 Å². The standard InChI is InChI=1S/C20H23N3O3/c1-22(2)10-9-21-19(24)17-12-14-6-5-13-11-15(23(3)4)7-8-16(13)18(14)26-20(17)25/h5-8,11-12H,9-10H2,1-4H3,(H,21,24). The molecule has 0 fully saturated rings. The fourth-order valence-electron chi connectivity index (χ4n) is 2.82. The van der Waals surface area contributed by atoms with Gasteiger partial charge in [-0.25, -0.2) is 4.79 Å². The molecule has 3 rings (SSSR count). The van der Waals surface area contributed by atoms with E-state index in [1.807, 2.05) is 68.3 Å². The first-order valence-electron chi connectivity index (χ1n) is 8.47. The number of anilines is 1. The minimum Gasteiger partial charge on any atom is -0.421 e. The van der Waals surface area contributed by atoms with Gasteiger partial charge < -0.3 is 19.5 Å². The molecule has 2 aromatic carbocycles. The largest absolute Gasteiger partial charge is 0.421 e. The third kappa shape index (κ3) is 3.55. The Morgan fingerprint density at radius 1 is 1.04 bits per heavy atom. The Bertz CT molecular complexity index is 1020. The van der Waals surface area contributed by atoms with Crippen molar-refractivity contribution >= 4 is 33.3 Å². The number of nitrogens with zero attached hydrogens (tertiary/aromatic N) is 2. The van der Waals surface area contributed by atoms with Gasteiger partial charge in [-0.2, -0.15) is 0 Å². The van der Waals surface area contributed by atoms with E-state index in [1.165, 1.54) is 0 Å². The number of likely N-dealkylation sites (N-methyl/N-ethyl adjacent to an activating group) is 1. The number of benzene rings is 2. The smallest absolute Gasteiger partial charge is 0.349 e. The molecule has 0 aliphatic carbocycles. The average Bonchev–Trinajstić information content (AvgIpc) is 2.60. The molecule has 0 saturated heterocycles. The topological polar surface area (TPSA) is 65.8 Å². The van der Waals surface area contributed by atoms with Gasteiger partial charge in [-0.15, -0.1) is 0 Å². The van der Waals surface area contributed by atoms with Crippen molar-refractivity contribution in [3.8, 4) is 0 Å². The normalized spacial score (nSPS) is 11.3. The Balaban J connectivity index is 2.01. The molecule has 0 aliphatic heterocycles. The first-order chi connectivity index (χ1) is 12.4. The maximum absolute atomic E-state index is 12.3. The lowest BCUT2D eigenvalue weighted by molar-refractivity contribution is 0.0947. The van der Waals surface area contributed by atoms with Gasteiger partial charge in [-0.1, -0.05) is 12.1 Å². The van der Waals surface area contributed by atoms with Gasteiger partial charge in [0.25, 0.3) is 5.91 Å². The highest BCUT2D eigenvalue weighted by Gasteiger charge is 2.15. The lowest BCUT2D eigenvalue weighted by Gasteiger charge is -2.13. The summed E-state index contributed by atoms with van der Waals surface area (Å²) in [7, 11) is 7.79. The first kappa shape index (κ1) is 17.9. The van der Waals surface area contributed by atoms with Gasteiger partial charge in [0.05, 0.1) is 0 Å². The summed E-state index contributed by atoms with van der Waals surface area (Å²) in [5.74, 6) is -0.412. The molecule has 1 aromatic heterocycles. The zero-order valence-electron chi connectivity index (χ0n) is 15.5. The Labute approximate surface area is 152 Å². The molecule has 1 heterocycles. The van der Waals surface area contributed by atoms with Crippen LogP contribution in [0.15, 0.2) is 45.6 Å². The van der Waals surface area contributed by atoms with E-state index in [-0.39, 0.29) is 5.56 Å². The summed E-state index contributed by atoms with van der Waals surface area (Å²) in [6, 6.07) is 11.4. The molecule has 3 aromatic rings. The molecule has 1 amide bonds.